The molecule has 3 aromatic rings. The standard InChI is InChI=1S/C18H12BrClS/c19-15-10-4-5-11-16(15)21-17-12-6-9-14(18(17)20)13-7-2-1-3-8-13/h1-12H. The highest BCUT2D eigenvalue weighted by Crippen LogP contribution is 2.40. The predicted octanol–water partition coefficient (Wildman–Crippen LogP) is 6.92. The molecule has 0 N–H and O–H groups in total. The van der Waals surface area contributed by atoms with Gasteiger partial charge in [0.2, 0.25) is 0 Å². The lowest BCUT2D eigenvalue weighted by atomic mass is 10.1. The molecule has 0 aliphatic carbocycles. The summed E-state index contributed by atoms with van der Waals surface area (Å²) in [6.45, 7) is 0. The quantitative estimate of drug-likeness (QED) is 0.478. The lowest BCUT2D eigenvalue weighted by Gasteiger charge is -2.10. The van der Waals surface area contributed by atoms with Crippen LogP contribution in [0.1, 0.15) is 0 Å². The van der Waals surface area contributed by atoms with Crippen molar-refractivity contribution in [2.45, 2.75) is 9.79 Å². The van der Waals surface area contributed by atoms with Crippen molar-refractivity contribution < 1.29 is 0 Å². The molecule has 3 aromatic carbocycles. The summed E-state index contributed by atoms with van der Waals surface area (Å²) in [5.74, 6) is 0. The lowest BCUT2D eigenvalue weighted by molar-refractivity contribution is 1.37. The Labute approximate surface area is 142 Å². The second-order valence-electron chi connectivity index (χ2n) is 4.52. The van der Waals surface area contributed by atoms with Crippen LogP contribution in [0.2, 0.25) is 5.02 Å². The van der Waals surface area contributed by atoms with Crippen molar-refractivity contribution >= 4 is 39.3 Å². The van der Waals surface area contributed by atoms with Gasteiger partial charge in [-0.25, -0.2) is 0 Å². The fourth-order valence-corrected chi connectivity index (χ4v) is 3.85. The summed E-state index contributed by atoms with van der Waals surface area (Å²) < 4.78 is 1.08. The Morgan fingerprint density at radius 1 is 0.714 bits per heavy atom. The molecule has 104 valence electrons. The molecule has 0 unspecified atom stereocenters. The maximum absolute atomic E-state index is 6.61. The highest BCUT2D eigenvalue weighted by molar-refractivity contribution is 9.10. The summed E-state index contributed by atoms with van der Waals surface area (Å²) >= 11 is 11.9. The fourth-order valence-electron chi connectivity index (χ4n) is 2.08. The molecule has 0 bridgehead atoms. The molecular weight excluding hydrogens is 364 g/mol. The van der Waals surface area contributed by atoms with E-state index in [1.807, 2.05) is 42.5 Å². The molecule has 21 heavy (non-hydrogen) atoms. The zero-order chi connectivity index (χ0) is 14.7. The molecule has 0 aliphatic rings. The third kappa shape index (κ3) is 3.34. The zero-order valence-electron chi connectivity index (χ0n) is 11.1. The molecular formula is C18H12BrClS. The van der Waals surface area contributed by atoms with Gasteiger partial charge in [-0.05, 0) is 39.7 Å². The molecule has 0 spiro atoms. The number of halogens is 2. The van der Waals surface area contributed by atoms with Crippen molar-refractivity contribution in [1.82, 2.24) is 0 Å². The number of benzene rings is 3. The molecule has 0 amide bonds. The normalized spacial score (nSPS) is 10.6. The van der Waals surface area contributed by atoms with Gasteiger partial charge in [0.15, 0.2) is 0 Å². The largest absolute Gasteiger partial charge is 0.0873 e. The highest BCUT2D eigenvalue weighted by Gasteiger charge is 2.10. The molecule has 0 nitrogen and oxygen atoms in total. The fraction of sp³-hybridized carbons (Fsp3) is 0. The van der Waals surface area contributed by atoms with Crippen molar-refractivity contribution in [2.75, 3.05) is 0 Å². The van der Waals surface area contributed by atoms with Crippen LogP contribution >= 0.6 is 39.3 Å². The Bertz CT molecular complexity index is 756. The van der Waals surface area contributed by atoms with E-state index in [9.17, 15) is 0 Å². The van der Waals surface area contributed by atoms with Crippen LogP contribution in [0.15, 0.2) is 87.1 Å². The van der Waals surface area contributed by atoms with E-state index in [1.54, 1.807) is 11.8 Å². The van der Waals surface area contributed by atoms with Crippen LogP contribution in [-0.4, -0.2) is 0 Å². The first-order valence-electron chi connectivity index (χ1n) is 6.52. The first kappa shape index (κ1) is 14.7. The Morgan fingerprint density at radius 3 is 2.14 bits per heavy atom. The summed E-state index contributed by atoms with van der Waals surface area (Å²) in [4.78, 5) is 2.22. The van der Waals surface area contributed by atoms with E-state index in [0.29, 0.717) is 0 Å². The third-order valence-electron chi connectivity index (χ3n) is 3.10. The van der Waals surface area contributed by atoms with Crippen LogP contribution in [0.5, 0.6) is 0 Å². The molecule has 3 heteroatoms. The first-order chi connectivity index (χ1) is 10.3. The molecule has 0 saturated carbocycles. The molecule has 0 atom stereocenters. The van der Waals surface area contributed by atoms with E-state index in [1.165, 1.54) is 0 Å². The number of hydrogen-bond acceptors (Lipinski definition) is 1. The van der Waals surface area contributed by atoms with Gasteiger partial charge in [0.25, 0.3) is 0 Å². The molecule has 3 rings (SSSR count). The minimum Gasteiger partial charge on any atom is -0.0873 e. The molecule has 0 aromatic heterocycles. The number of hydrogen-bond donors (Lipinski definition) is 0. The summed E-state index contributed by atoms with van der Waals surface area (Å²) in [6, 6.07) is 24.5. The van der Waals surface area contributed by atoms with Crippen LogP contribution in [0, 0.1) is 0 Å². The van der Waals surface area contributed by atoms with Crippen LogP contribution in [-0.2, 0) is 0 Å². The van der Waals surface area contributed by atoms with Crippen molar-refractivity contribution in [3.05, 3.63) is 82.3 Å². The number of rotatable bonds is 3. The predicted molar refractivity (Wildman–Crippen MR) is 95.2 cm³/mol. The van der Waals surface area contributed by atoms with Crippen molar-refractivity contribution in [1.29, 1.82) is 0 Å². The van der Waals surface area contributed by atoms with Crippen molar-refractivity contribution in [3.8, 4) is 11.1 Å². The molecule has 0 saturated heterocycles. The summed E-state index contributed by atoms with van der Waals surface area (Å²) in [5, 5.41) is 0.796. The van der Waals surface area contributed by atoms with Crippen molar-refractivity contribution in [3.63, 3.8) is 0 Å². The summed E-state index contributed by atoms with van der Waals surface area (Å²) in [7, 11) is 0. The Hall–Kier alpha value is -1.22. The maximum atomic E-state index is 6.61. The van der Waals surface area contributed by atoms with Crippen LogP contribution < -0.4 is 0 Å². The Balaban J connectivity index is 2.00. The van der Waals surface area contributed by atoms with Gasteiger partial charge in [-0.2, -0.15) is 0 Å². The second-order valence-corrected chi connectivity index (χ2v) is 6.83. The zero-order valence-corrected chi connectivity index (χ0v) is 14.3. The van der Waals surface area contributed by atoms with Crippen LogP contribution in [0.4, 0.5) is 0 Å². The van der Waals surface area contributed by atoms with Gasteiger partial charge in [-0.1, -0.05) is 78.0 Å². The molecule has 0 radical (unpaired) electrons. The monoisotopic (exact) mass is 374 g/mol. The van der Waals surface area contributed by atoms with Gasteiger partial charge in [-0.3, -0.25) is 0 Å². The van der Waals surface area contributed by atoms with Crippen LogP contribution in [0.25, 0.3) is 11.1 Å². The molecule has 0 fully saturated rings. The van der Waals surface area contributed by atoms with Gasteiger partial charge >= 0.3 is 0 Å². The van der Waals surface area contributed by atoms with Crippen LogP contribution in [0.3, 0.4) is 0 Å². The maximum Gasteiger partial charge on any atom is 0.0623 e. The van der Waals surface area contributed by atoms with Gasteiger partial charge in [0.05, 0.1) is 5.02 Å². The third-order valence-corrected chi connectivity index (χ3v) is 5.71. The van der Waals surface area contributed by atoms with Gasteiger partial charge in [-0.15, -0.1) is 0 Å². The second kappa shape index (κ2) is 6.69. The first-order valence-corrected chi connectivity index (χ1v) is 8.51. The lowest BCUT2D eigenvalue weighted by Crippen LogP contribution is -1.83. The Morgan fingerprint density at radius 2 is 1.38 bits per heavy atom. The molecule has 0 aliphatic heterocycles. The average Bonchev–Trinajstić information content (AvgIpc) is 2.52. The molecule has 0 heterocycles. The van der Waals surface area contributed by atoms with Gasteiger partial charge in [0, 0.05) is 19.8 Å². The van der Waals surface area contributed by atoms with Gasteiger partial charge < -0.3 is 0 Å². The van der Waals surface area contributed by atoms with E-state index in [2.05, 4.69) is 46.3 Å². The SMILES string of the molecule is Clc1c(Sc2ccccc2Br)cccc1-c1ccccc1. The average molecular weight is 376 g/mol. The van der Waals surface area contributed by atoms with E-state index in [4.69, 9.17) is 11.6 Å². The van der Waals surface area contributed by atoms with E-state index >= 15 is 0 Å². The van der Waals surface area contributed by atoms with E-state index < -0.39 is 0 Å². The van der Waals surface area contributed by atoms with E-state index in [-0.39, 0.29) is 0 Å². The topological polar surface area (TPSA) is 0 Å². The minimum atomic E-state index is 0.796. The summed E-state index contributed by atoms with van der Waals surface area (Å²) in [6.07, 6.45) is 0. The van der Waals surface area contributed by atoms with Gasteiger partial charge in [0.1, 0.15) is 0 Å². The Kier molecular flexibility index (Phi) is 4.69. The minimum absolute atomic E-state index is 0.796. The summed E-state index contributed by atoms with van der Waals surface area (Å²) in [5.41, 5.74) is 2.20. The highest BCUT2D eigenvalue weighted by atomic mass is 79.9. The smallest absolute Gasteiger partial charge is 0.0623 e. The van der Waals surface area contributed by atoms with E-state index in [0.717, 1.165) is 30.4 Å². The van der Waals surface area contributed by atoms with Crippen molar-refractivity contribution in [2.24, 2.45) is 0 Å².